The Kier molecular flexibility index (Phi) is 5.50. The molecular weight excluding hydrogens is 358 g/mol. The molecule has 0 bridgehead atoms. The van der Waals surface area contributed by atoms with Crippen LogP contribution < -0.4 is 10.9 Å². The number of anilines is 1. The molecule has 2 amide bonds. The summed E-state index contributed by atoms with van der Waals surface area (Å²) in [5.41, 5.74) is 0.261. The predicted octanol–water partition coefficient (Wildman–Crippen LogP) is 2.43. The van der Waals surface area contributed by atoms with Crippen LogP contribution in [0.5, 0.6) is 0 Å². The number of alkyl halides is 1. The van der Waals surface area contributed by atoms with Gasteiger partial charge in [0.05, 0.1) is 6.61 Å². The number of nitrogens with zero attached hydrogens (tertiary/aromatic N) is 3. The molecular formula is C18H20F2N4O3. The lowest BCUT2D eigenvalue weighted by Crippen LogP contribution is -2.47. The highest BCUT2D eigenvalue weighted by molar-refractivity contribution is 5.88. The molecule has 27 heavy (non-hydrogen) atoms. The number of carbonyl (C=O) groups is 1. The van der Waals surface area contributed by atoms with Crippen LogP contribution in [0.2, 0.25) is 0 Å². The Morgan fingerprint density at radius 1 is 1.30 bits per heavy atom. The van der Waals surface area contributed by atoms with Crippen LogP contribution in [0.25, 0.3) is 0 Å². The van der Waals surface area contributed by atoms with Gasteiger partial charge >= 0.3 is 6.03 Å². The molecule has 0 aliphatic carbocycles. The van der Waals surface area contributed by atoms with Crippen molar-refractivity contribution in [3.63, 3.8) is 0 Å². The lowest BCUT2D eigenvalue weighted by molar-refractivity contribution is -0.177. The number of aryl methyl sites for hydroxylation is 1. The lowest BCUT2D eigenvalue weighted by Gasteiger charge is -2.36. The number of rotatable bonds is 4. The molecule has 0 saturated carbocycles. The fraction of sp³-hybridized carbons (Fsp3) is 0.389. The Labute approximate surface area is 154 Å². The maximum Gasteiger partial charge on any atom is 0.323 e. The maximum absolute atomic E-state index is 14.8. The Bertz CT molecular complexity index is 879. The van der Waals surface area contributed by atoms with Crippen LogP contribution >= 0.6 is 0 Å². The van der Waals surface area contributed by atoms with Gasteiger partial charge in [-0.15, -0.1) is 0 Å². The first kappa shape index (κ1) is 19.0. The van der Waals surface area contributed by atoms with Crippen LogP contribution in [0.4, 0.5) is 19.4 Å². The Morgan fingerprint density at radius 3 is 2.70 bits per heavy atom. The standard InChI is InChI=1S/C18H20F2N4O3/c1-23-16(25)6-5-15(22-23)21-17(26)24-9-7-18(20,8-10-24)27-12-13-3-2-4-14(19)11-13/h2-6,11H,7-10,12H2,1H3,(H,21,22,26). The number of aromatic nitrogens is 2. The van der Waals surface area contributed by atoms with Gasteiger partial charge in [-0.05, 0) is 23.8 Å². The third-order valence-electron chi connectivity index (χ3n) is 4.38. The maximum atomic E-state index is 14.8. The highest BCUT2D eigenvalue weighted by Crippen LogP contribution is 2.29. The van der Waals surface area contributed by atoms with Crippen molar-refractivity contribution < 1.29 is 18.3 Å². The van der Waals surface area contributed by atoms with Crippen molar-refractivity contribution in [3.05, 3.63) is 58.1 Å². The van der Waals surface area contributed by atoms with Gasteiger partial charge in [0, 0.05) is 39.0 Å². The highest BCUT2D eigenvalue weighted by Gasteiger charge is 2.37. The molecule has 7 nitrogen and oxygen atoms in total. The van der Waals surface area contributed by atoms with Crippen molar-refractivity contribution in [2.24, 2.45) is 7.05 Å². The van der Waals surface area contributed by atoms with E-state index in [1.54, 1.807) is 12.1 Å². The lowest BCUT2D eigenvalue weighted by atomic mass is 10.1. The van der Waals surface area contributed by atoms with Gasteiger partial charge in [0.25, 0.3) is 5.56 Å². The zero-order chi connectivity index (χ0) is 19.4. The van der Waals surface area contributed by atoms with Gasteiger partial charge in [-0.25, -0.2) is 18.3 Å². The number of ether oxygens (including phenoxy) is 1. The summed E-state index contributed by atoms with van der Waals surface area (Å²) in [7, 11) is 1.48. The summed E-state index contributed by atoms with van der Waals surface area (Å²) < 4.78 is 34.4. The zero-order valence-corrected chi connectivity index (χ0v) is 14.8. The van der Waals surface area contributed by atoms with Crippen molar-refractivity contribution in [1.82, 2.24) is 14.7 Å². The van der Waals surface area contributed by atoms with Crippen LogP contribution in [-0.4, -0.2) is 39.7 Å². The SMILES string of the molecule is Cn1nc(NC(=O)N2CCC(F)(OCc3cccc(F)c3)CC2)ccc1=O. The summed E-state index contributed by atoms with van der Waals surface area (Å²) in [6.07, 6.45) is 0.0207. The first-order valence-corrected chi connectivity index (χ1v) is 8.52. The molecule has 9 heteroatoms. The van der Waals surface area contributed by atoms with Crippen LogP contribution in [0.15, 0.2) is 41.2 Å². The van der Waals surface area contributed by atoms with Gasteiger partial charge in [0.15, 0.2) is 5.82 Å². The number of benzene rings is 1. The minimum absolute atomic E-state index is 0.0104. The monoisotopic (exact) mass is 378 g/mol. The summed E-state index contributed by atoms with van der Waals surface area (Å²) in [5, 5.41) is 6.50. The molecule has 0 spiro atoms. The Morgan fingerprint density at radius 2 is 2.04 bits per heavy atom. The second kappa shape index (κ2) is 7.83. The van der Waals surface area contributed by atoms with Crippen molar-refractivity contribution >= 4 is 11.8 Å². The number of hydrogen-bond donors (Lipinski definition) is 1. The quantitative estimate of drug-likeness (QED) is 0.887. The summed E-state index contributed by atoms with van der Waals surface area (Å²) in [4.78, 5) is 25.0. The van der Waals surface area contributed by atoms with E-state index in [2.05, 4.69) is 10.4 Å². The largest absolute Gasteiger partial charge is 0.341 e. The van der Waals surface area contributed by atoms with Crippen LogP contribution in [0.1, 0.15) is 18.4 Å². The van der Waals surface area contributed by atoms with Gasteiger partial charge in [-0.1, -0.05) is 12.1 Å². The second-order valence-corrected chi connectivity index (χ2v) is 6.40. The number of nitrogens with one attached hydrogen (secondary N) is 1. The Hall–Kier alpha value is -2.81. The van der Waals surface area contributed by atoms with Crippen LogP contribution in [0, 0.1) is 5.82 Å². The van der Waals surface area contributed by atoms with E-state index in [-0.39, 0.29) is 43.9 Å². The number of carbonyl (C=O) groups excluding carboxylic acids is 1. The van der Waals surface area contributed by atoms with Gasteiger partial charge in [0.2, 0.25) is 5.85 Å². The molecule has 0 unspecified atom stereocenters. The van der Waals surface area contributed by atoms with Crippen LogP contribution in [-0.2, 0) is 18.4 Å². The third kappa shape index (κ3) is 4.88. The Balaban J connectivity index is 1.51. The third-order valence-corrected chi connectivity index (χ3v) is 4.38. The molecule has 1 fully saturated rings. The van der Waals surface area contributed by atoms with E-state index in [1.165, 1.54) is 36.2 Å². The smallest absolute Gasteiger partial charge is 0.323 e. The normalized spacial score (nSPS) is 16.2. The molecule has 3 rings (SSSR count). The van der Waals surface area contributed by atoms with E-state index in [0.717, 1.165) is 4.68 Å². The summed E-state index contributed by atoms with van der Waals surface area (Å²) in [5.74, 6) is -2.03. The van der Waals surface area contributed by atoms with Gasteiger partial charge in [-0.3, -0.25) is 10.1 Å². The topological polar surface area (TPSA) is 76.5 Å². The molecule has 1 aliphatic rings. The molecule has 1 N–H and O–H groups in total. The minimum Gasteiger partial charge on any atom is -0.341 e. The molecule has 0 atom stereocenters. The van der Waals surface area contributed by atoms with E-state index >= 15 is 0 Å². The number of likely N-dealkylation sites (tertiary alicyclic amines) is 1. The average Bonchev–Trinajstić information content (AvgIpc) is 2.64. The molecule has 1 saturated heterocycles. The molecule has 2 heterocycles. The van der Waals surface area contributed by atoms with Crippen molar-refractivity contribution in [2.45, 2.75) is 25.3 Å². The zero-order valence-electron chi connectivity index (χ0n) is 14.8. The first-order valence-electron chi connectivity index (χ1n) is 8.52. The highest BCUT2D eigenvalue weighted by atomic mass is 19.2. The van der Waals surface area contributed by atoms with E-state index in [4.69, 9.17) is 4.74 Å². The number of piperidine rings is 1. The van der Waals surface area contributed by atoms with Crippen LogP contribution in [0.3, 0.4) is 0 Å². The molecule has 0 radical (unpaired) electrons. The second-order valence-electron chi connectivity index (χ2n) is 6.40. The minimum atomic E-state index is -1.86. The molecule has 1 aromatic heterocycles. The number of amides is 2. The van der Waals surface area contributed by atoms with Gasteiger partial charge in [-0.2, -0.15) is 5.10 Å². The molecule has 144 valence electrons. The number of urea groups is 1. The summed E-state index contributed by atoms with van der Waals surface area (Å²) in [6.45, 7) is 0.289. The van der Waals surface area contributed by atoms with Crippen molar-refractivity contribution in [2.75, 3.05) is 18.4 Å². The molecule has 1 aromatic carbocycles. The van der Waals surface area contributed by atoms with Crippen molar-refractivity contribution in [1.29, 1.82) is 0 Å². The number of halogens is 2. The van der Waals surface area contributed by atoms with E-state index in [0.29, 0.717) is 5.56 Å². The van der Waals surface area contributed by atoms with Gasteiger partial charge in [0.1, 0.15) is 5.82 Å². The fourth-order valence-corrected chi connectivity index (χ4v) is 2.79. The van der Waals surface area contributed by atoms with E-state index in [9.17, 15) is 18.4 Å². The molecule has 1 aliphatic heterocycles. The predicted molar refractivity (Wildman–Crippen MR) is 94.3 cm³/mol. The first-order chi connectivity index (χ1) is 12.8. The summed E-state index contributed by atoms with van der Waals surface area (Å²) >= 11 is 0. The fourth-order valence-electron chi connectivity index (χ4n) is 2.79. The van der Waals surface area contributed by atoms with E-state index < -0.39 is 17.7 Å². The van der Waals surface area contributed by atoms with E-state index in [1.807, 2.05) is 0 Å². The van der Waals surface area contributed by atoms with Crippen molar-refractivity contribution in [3.8, 4) is 0 Å². The summed E-state index contributed by atoms with van der Waals surface area (Å²) in [6, 6.07) is 8.09. The average molecular weight is 378 g/mol. The number of hydrogen-bond acceptors (Lipinski definition) is 4. The van der Waals surface area contributed by atoms with Gasteiger partial charge < -0.3 is 9.64 Å². The molecule has 2 aromatic rings.